The quantitative estimate of drug-likeness (QED) is 0.566. The van der Waals surface area contributed by atoms with E-state index in [1.54, 1.807) is 30.3 Å². The standard InChI is InChI=1S/C18H13ClN2O2/c19-16-8-4-3-7-14(16)18(23)21-20-11-15-13-6-2-1-5-12(13)9-10-17(15)22/h1-11,22H,(H,21,23)/b20-11-. The molecule has 0 unspecified atom stereocenters. The Morgan fingerprint density at radius 3 is 2.61 bits per heavy atom. The number of halogens is 1. The third kappa shape index (κ3) is 3.17. The monoisotopic (exact) mass is 324 g/mol. The average Bonchev–Trinajstić information content (AvgIpc) is 2.57. The Bertz CT molecular complexity index is 906. The number of phenols is 1. The van der Waals surface area contributed by atoms with Gasteiger partial charge in [-0.25, -0.2) is 5.43 Å². The number of nitrogens with one attached hydrogen (secondary N) is 1. The van der Waals surface area contributed by atoms with Crippen molar-refractivity contribution in [3.63, 3.8) is 0 Å². The van der Waals surface area contributed by atoms with E-state index in [0.29, 0.717) is 16.1 Å². The number of hydrazone groups is 1. The highest BCUT2D eigenvalue weighted by Gasteiger charge is 2.08. The highest BCUT2D eigenvalue weighted by molar-refractivity contribution is 6.33. The second-order valence-electron chi connectivity index (χ2n) is 4.90. The third-order valence-corrected chi connectivity index (χ3v) is 3.76. The summed E-state index contributed by atoms with van der Waals surface area (Å²) in [7, 11) is 0. The van der Waals surface area contributed by atoms with Gasteiger partial charge in [-0.1, -0.05) is 54.1 Å². The molecule has 0 saturated heterocycles. The molecule has 0 aliphatic rings. The Hall–Kier alpha value is -2.85. The fraction of sp³-hybridized carbons (Fsp3) is 0. The Morgan fingerprint density at radius 1 is 1.04 bits per heavy atom. The number of fused-ring (bicyclic) bond motifs is 1. The van der Waals surface area contributed by atoms with Crippen LogP contribution >= 0.6 is 11.6 Å². The van der Waals surface area contributed by atoms with Crippen LogP contribution in [0.3, 0.4) is 0 Å². The summed E-state index contributed by atoms with van der Waals surface area (Å²) in [6.07, 6.45) is 1.42. The minimum absolute atomic E-state index is 0.0967. The van der Waals surface area contributed by atoms with Gasteiger partial charge in [-0.3, -0.25) is 4.79 Å². The van der Waals surface area contributed by atoms with Gasteiger partial charge in [0.05, 0.1) is 16.8 Å². The molecule has 4 nitrogen and oxygen atoms in total. The fourth-order valence-electron chi connectivity index (χ4n) is 2.28. The third-order valence-electron chi connectivity index (χ3n) is 3.43. The van der Waals surface area contributed by atoms with Crippen LogP contribution in [0.25, 0.3) is 10.8 Å². The molecule has 0 fully saturated rings. The Morgan fingerprint density at radius 2 is 1.78 bits per heavy atom. The maximum Gasteiger partial charge on any atom is 0.272 e. The van der Waals surface area contributed by atoms with Crippen molar-refractivity contribution in [3.8, 4) is 5.75 Å². The molecule has 23 heavy (non-hydrogen) atoms. The molecule has 3 aromatic rings. The summed E-state index contributed by atoms with van der Waals surface area (Å²) in [6.45, 7) is 0. The number of nitrogens with zero attached hydrogens (tertiary/aromatic N) is 1. The number of hydrogen-bond donors (Lipinski definition) is 2. The molecule has 0 aliphatic carbocycles. The van der Waals surface area contributed by atoms with Crippen molar-refractivity contribution in [2.45, 2.75) is 0 Å². The van der Waals surface area contributed by atoms with Crippen LogP contribution in [0, 0.1) is 0 Å². The zero-order valence-electron chi connectivity index (χ0n) is 12.0. The summed E-state index contributed by atoms with van der Waals surface area (Å²) in [4.78, 5) is 12.0. The molecule has 0 saturated carbocycles. The van der Waals surface area contributed by atoms with Gasteiger partial charge in [0.15, 0.2) is 0 Å². The smallest absolute Gasteiger partial charge is 0.272 e. The molecule has 2 N–H and O–H groups in total. The number of carbonyl (C=O) groups excluding carboxylic acids is 1. The van der Waals surface area contributed by atoms with Crippen molar-refractivity contribution >= 4 is 34.5 Å². The Labute approximate surface area is 138 Å². The number of carbonyl (C=O) groups is 1. The van der Waals surface area contributed by atoms with E-state index in [9.17, 15) is 9.90 Å². The molecule has 0 heterocycles. The first kappa shape index (κ1) is 15.1. The molecular weight excluding hydrogens is 312 g/mol. The average molecular weight is 325 g/mol. The first-order valence-electron chi connectivity index (χ1n) is 6.95. The van der Waals surface area contributed by atoms with Gasteiger partial charge < -0.3 is 5.11 Å². The number of hydrogen-bond acceptors (Lipinski definition) is 3. The van der Waals surface area contributed by atoms with E-state index in [1.165, 1.54) is 6.21 Å². The topological polar surface area (TPSA) is 61.7 Å². The van der Waals surface area contributed by atoms with E-state index in [0.717, 1.165) is 10.8 Å². The van der Waals surface area contributed by atoms with Gasteiger partial charge in [0.1, 0.15) is 5.75 Å². The SMILES string of the molecule is O=C(N/N=C\c1c(O)ccc2ccccc12)c1ccccc1Cl. The van der Waals surface area contributed by atoms with E-state index >= 15 is 0 Å². The summed E-state index contributed by atoms with van der Waals surface area (Å²) in [6, 6.07) is 17.8. The molecule has 3 aromatic carbocycles. The van der Waals surface area contributed by atoms with Gasteiger partial charge in [-0.15, -0.1) is 0 Å². The normalized spacial score (nSPS) is 11.0. The summed E-state index contributed by atoms with van der Waals surface area (Å²) in [5.74, 6) is -0.314. The number of benzene rings is 3. The van der Waals surface area contributed by atoms with Crippen molar-refractivity contribution in [3.05, 3.63) is 76.8 Å². The fourth-order valence-corrected chi connectivity index (χ4v) is 2.50. The zero-order chi connectivity index (χ0) is 16.2. The second kappa shape index (κ2) is 6.50. The van der Waals surface area contributed by atoms with Crippen molar-refractivity contribution in [1.82, 2.24) is 5.43 Å². The summed E-state index contributed by atoms with van der Waals surface area (Å²) in [5.41, 5.74) is 3.30. The predicted octanol–water partition coefficient (Wildman–Crippen LogP) is 3.96. The van der Waals surface area contributed by atoms with Gasteiger partial charge in [-0.2, -0.15) is 5.10 Å². The van der Waals surface area contributed by atoms with E-state index in [2.05, 4.69) is 10.5 Å². The maximum atomic E-state index is 12.0. The molecule has 3 rings (SSSR count). The van der Waals surface area contributed by atoms with Gasteiger partial charge in [0.25, 0.3) is 5.91 Å². The minimum Gasteiger partial charge on any atom is -0.507 e. The number of amides is 1. The van der Waals surface area contributed by atoms with Crippen LogP contribution in [-0.2, 0) is 0 Å². The molecule has 0 spiro atoms. The lowest BCUT2D eigenvalue weighted by Crippen LogP contribution is -2.17. The lowest BCUT2D eigenvalue weighted by atomic mass is 10.0. The Kier molecular flexibility index (Phi) is 4.26. The largest absolute Gasteiger partial charge is 0.507 e. The highest BCUT2D eigenvalue weighted by Crippen LogP contribution is 2.25. The van der Waals surface area contributed by atoms with E-state index < -0.39 is 5.91 Å². The lowest BCUT2D eigenvalue weighted by Gasteiger charge is -2.05. The molecule has 114 valence electrons. The van der Waals surface area contributed by atoms with Crippen LogP contribution in [-0.4, -0.2) is 17.2 Å². The molecule has 0 bridgehead atoms. The van der Waals surface area contributed by atoms with Crippen molar-refractivity contribution in [2.75, 3.05) is 0 Å². The van der Waals surface area contributed by atoms with E-state index in [-0.39, 0.29) is 5.75 Å². The van der Waals surface area contributed by atoms with Crippen molar-refractivity contribution in [2.24, 2.45) is 5.10 Å². The van der Waals surface area contributed by atoms with Crippen LogP contribution in [0.15, 0.2) is 65.8 Å². The van der Waals surface area contributed by atoms with Crippen LogP contribution in [0.4, 0.5) is 0 Å². The summed E-state index contributed by atoms with van der Waals surface area (Å²) < 4.78 is 0. The number of rotatable bonds is 3. The number of aromatic hydroxyl groups is 1. The van der Waals surface area contributed by atoms with Crippen LogP contribution < -0.4 is 5.43 Å². The van der Waals surface area contributed by atoms with E-state index in [1.807, 2.05) is 30.3 Å². The number of phenolic OH excluding ortho intramolecular Hbond substituents is 1. The molecule has 1 amide bonds. The molecule has 0 atom stereocenters. The summed E-state index contributed by atoms with van der Waals surface area (Å²) in [5, 5.41) is 16.1. The van der Waals surface area contributed by atoms with Crippen LogP contribution in [0.1, 0.15) is 15.9 Å². The predicted molar refractivity (Wildman–Crippen MR) is 92.1 cm³/mol. The Balaban J connectivity index is 1.85. The summed E-state index contributed by atoms with van der Waals surface area (Å²) >= 11 is 5.97. The van der Waals surface area contributed by atoms with Gasteiger partial charge in [0.2, 0.25) is 0 Å². The lowest BCUT2D eigenvalue weighted by molar-refractivity contribution is 0.0955. The van der Waals surface area contributed by atoms with Gasteiger partial charge in [0, 0.05) is 5.56 Å². The van der Waals surface area contributed by atoms with E-state index in [4.69, 9.17) is 11.6 Å². The van der Waals surface area contributed by atoms with Crippen LogP contribution in [0.2, 0.25) is 5.02 Å². The first-order chi connectivity index (χ1) is 11.2. The second-order valence-corrected chi connectivity index (χ2v) is 5.31. The molecule has 5 heteroatoms. The maximum absolute atomic E-state index is 12.0. The van der Waals surface area contributed by atoms with Gasteiger partial charge in [-0.05, 0) is 29.0 Å². The molecular formula is C18H13ClN2O2. The van der Waals surface area contributed by atoms with Gasteiger partial charge >= 0.3 is 0 Å². The molecule has 0 aliphatic heterocycles. The molecule has 0 aromatic heterocycles. The molecule has 0 radical (unpaired) electrons. The van der Waals surface area contributed by atoms with Crippen molar-refractivity contribution < 1.29 is 9.90 Å². The zero-order valence-corrected chi connectivity index (χ0v) is 12.8. The van der Waals surface area contributed by atoms with Crippen LogP contribution in [0.5, 0.6) is 5.75 Å². The van der Waals surface area contributed by atoms with Crippen molar-refractivity contribution in [1.29, 1.82) is 0 Å². The minimum atomic E-state index is -0.411. The first-order valence-corrected chi connectivity index (χ1v) is 7.33. The highest BCUT2D eigenvalue weighted by atomic mass is 35.5.